The molecular weight excluding hydrogens is 496 g/mol. The molecule has 1 heterocycles. The highest BCUT2D eigenvalue weighted by Gasteiger charge is 2.42. The molecule has 3 aromatic carbocycles. The first-order valence-corrected chi connectivity index (χ1v) is 14.3. The molecule has 0 spiro atoms. The van der Waals surface area contributed by atoms with Gasteiger partial charge in [0.1, 0.15) is 16.9 Å². The van der Waals surface area contributed by atoms with Gasteiger partial charge in [-0.1, -0.05) is 36.8 Å². The molecule has 2 saturated carbocycles. The highest BCUT2D eigenvalue weighted by Crippen LogP contribution is 2.49. The van der Waals surface area contributed by atoms with Gasteiger partial charge in [0.2, 0.25) is 5.91 Å². The first kappa shape index (κ1) is 24.9. The summed E-state index contributed by atoms with van der Waals surface area (Å²) in [5.74, 6) is 2.79. The number of rotatable bonds is 8. The van der Waals surface area contributed by atoms with Crippen LogP contribution in [-0.2, 0) is 4.79 Å². The highest BCUT2D eigenvalue weighted by molar-refractivity contribution is 8.00. The van der Waals surface area contributed by atoms with E-state index < -0.39 is 0 Å². The Morgan fingerprint density at radius 3 is 2.63 bits per heavy atom. The Balaban J connectivity index is 1.15. The number of furan rings is 1. The Morgan fingerprint density at radius 1 is 1.03 bits per heavy atom. The second kappa shape index (κ2) is 10.4. The number of carbonyl (C=O) groups is 2. The van der Waals surface area contributed by atoms with Gasteiger partial charge in [-0.15, -0.1) is 11.8 Å². The standard InChI is InChI=1S/C31H32N2O4S/c1-18(23-14-19-11-12-20(23)13-19)32-30(34)17-38-29-10-6-4-8-22(29)31(35)33-25-16-27-24(15-28(25)36-2)21-7-3-5-9-26(21)37-27/h3-10,15-16,18-20,23H,11-14,17H2,1-2H3,(H,32,34)(H,33,35)/t18-,19+,20+,23-/m0/s1. The minimum atomic E-state index is -0.266. The average Bonchev–Trinajstić information content (AvgIpc) is 3.66. The van der Waals surface area contributed by atoms with Gasteiger partial charge in [0.25, 0.3) is 5.91 Å². The minimum absolute atomic E-state index is 0.0116. The van der Waals surface area contributed by atoms with E-state index in [4.69, 9.17) is 9.15 Å². The molecule has 6 rings (SSSR count). The molecular formula is C31H32N2O4S. The smallest absolute Gasteiger partial charge is 0.256 e. The Hall–Kier alpha value is -3.45. The van der Waals surface area contributed by atoms with E-state index in [-0.39, 0.29) is 23.6 Å². The summed E-state index contributed by atoms with van der Waals surface area (Å²) in [7, 11) is 1.58. The van der Waals surface area contributed by atoms with Gasteiger partial charge >= 0.3 is 0 Å². The molecule has 2 amide bonds. The van der Waals surface area contributed by atoms with Crippen LogP contribution >= 0.6 is 11.8 Å². The summed E-state index contributed by atoms with van der Waals surface area (Å²) in [4.78, 5) is 26.9. The molecule has 4 atom stereocenters. The molecule has 4 aromatic rings. The summed E-state index contributed by atoms with van der Waals surface area (Å²) in [5, 5.41) is 8.13. The molecule has 6 nitrogen and oxygen atoms in total. The number of thioether (sulfide) groups is 1. The third-order valence-electron chi connectivity index (χ3n) is 8.26. The lowest BCUT2D eigenvalue weighted by atomic mass is 9.84. The Morgan fingerprint density at radius 2 is 1.84 bits per heavy atom. The molecule has 2 aliphatic carbocycles. The first-order chi connectivity index (χ1) is 18.5. The summed E-state index contributed by atoms with van der Waals surface area (Å²) >= 11 is 1.39. The van der Waals surface area contributed by atoms with Gasteiger partial charge in [0, 0.05) is 27.8 Å². The minimum Gasteiger partial charge on any atom is -0.495 e. The van der Waals surface area contributed by atoms with Crippen molar-refractivity contribution in [1.82, 2.24) is 5.32 Å². The fourth-order valence-corrected chi connectivity index (χ4v) is 7.30. The van der Waals surface area contributed by atoms with Gasteiger partial charge in [0.15, 0.2) is 0 Å². The highest BCUT2D eigenvalue weighted by atomic mass is 32.2. The number of hydrogen-bond donors (Lipinski definition) is 2. The summed E-state index contributed by atoms with van der Waals surface area (Å²) in [6.45, 7) is 2.14. The van der Waals surface area contributed by atoms with Crippen LogP contribution in [0.2, 0.25) is 0 Å². The lowest BCUT2D eigenvalue weighted by Gasteiger charge is -2.28. The quantitative estimate of drug-likeness (QED) is 0.244. The van der Waals surface area contributed by atoms with Crippen molar-refractivity contribution in [1.29, 1.82) is 0 Å². The largest absolute Gasteiger partial charge is 0.495 e. The van der Waals surface area contributed by atoms with Crippen LogP contribution in [0.4, 0.5) is 5.69 Å². The van der Waals surface area contributed by atoms with Gasteiger partial charge in [-0.3, -0.25) is 9.59 Å². The predicted molar refractivity (Wildman–Crippen MR) is 152 cm³/mol. The van der Waals surface area contributed by atoms with Crippen molar-refractivity contribution >= 4 is 51.2 Å². The second-order valence-corrected chi connectivity index (χ2v) is 11.6. The van der Waals surface area contributed by atoms with Crippen LogP contribution in [0.15, 0.2) is 70.0 Å². The second-order valence-electron chi connectivity index (χ2n) is 10.6. The first-order valence-electron chi connectivity index (χ1n) is 13.3. The molecule has 2 N–H and O–H groups in total. The predicted octanol–water partition coefficient (Wildman–Crippen LogP) is 6.88. The van der Waals surface area contributed by atoms with Crippen molar-refractivity contribution in [2.75, 3.05) is 18.2 Å². The summed E-state index contributed by atoms with van der Waals surface area (Å²) < 4.78 is 11.6. The Kier molecular flexibility index (Phi) is 6.78. The maximum Gasteiger partial charge on any atom is 0.256 e. The summed E-state index contributed by atoms with van der Waals surface area (Å²) in [6.07, 6.45) is 5.23. The van der Waals surface area contributed by atoms with Crippen molar-refractivity contribution < 1.29 is 18.7 Å². The molecule has 7 heteroatoms. The van der Waals surface area contributed by atoms with Crippen molar-refractivity contribution in [3.63, 3.8) is 0 Å². The van der Waals surface area contributed by atoms with Gasteiger partial charge in [0.05, 0.1) is 24.1 Å². The van der Waals surface area contributed by atoms with Crippen molar-refractivity contribution in [3.8, 4) is 5.75 Å². The molecule has 0 unspecified atom stereocenters. The number of nitrogens with one attached hydrogen (secondary N) is 2. The number of amides is 2. The lowest BCUT2D eigenvalue weighted by Crippen LogP contribution is -2.40. The molecule has 0 radical (unpaired) electrons. The third-order valence-corrected chi connectivity index (χ3v) is 9.33. The zero-order chi connectivity index (χ0) is 26.2. The average molecular weight is 529 g/mol. The zero-order valence-corrected chi connectivity index (χ0v) is 22.5. The molecule has 0 aliphatic heterocycles. The number of methoxy groups -OCH3 is 1. The number of hydrogen-bond acceptors (Lipinski definition) is 5. The number of benzene rings is 3. The maximum absolute atomic E-state index is 13.4. The Labute approximate surface area is 226 Å². The Bertz CT molecular complexity index is 1510. The van der Waals surface area contributed by atoms with E-state index >= 15 is 0 Å². The molecule has 2 bridgehead atoms. The number of para-hydroxylation sites is 1. The molecule has 1 aromatic heterocycles. The van der Waals surface area contributed by atoms with Gasteiger partial charge in [-0.2, -0.15) is 0 Å². The molecule has 38 heavy (non-hydrogen) atoms. The molecule has 0 saturated heterocycles. The fraction of sp³-hybridized carbons (Fsp3) is 0.355. The van der Waals surface area contributed by atoms with E-state index in [2.05, 4.69) is 17.6 Å². The zero-order valence-electron chi connectivity index (χ0n) is 21.7. The fourth-order valence-electron chi connectivity index (χ4n) is 6.44. The van der Waals surface area contributed by atoms with E-state index in [0.717, 1.165) is 33.1 Å². The molecule has 2 fully saturated rings. The van der Waals surface area contributed by atoms with Crippen LogP contribution in [0.1, 0.15) is 43.0 Å². The van der Waals surface area contributed by atoms with E-state index in [1.54, 1.807) is 19.2 Å². The van der Waals surface area contributed by atoms with E-state index in [0.29, 0.717) is 28.5 Å². The van der Waals surface area contributed by atoms with Crippen molar-refractivity contribution in [2.45, 2.75) is 43.5 Å². The monoisotopic (exact) mass is 528 g/mol. The lowest BCUT2D eigenvalue weighted by molar-refractivity contribution is -0.119. The van der Waals surface area contributed by atoms with Crippen LogP contribution in [0.5, 0.6) is 5.75 Å². The van der Waals surface area contributed by atoms with Crippen molar-refractivity contribution in [2.24, 2.45) is 17.8 Å². The van der Waals surface area contributed by atoms with E-state index in [9.17, 15) is 9.59 Å². The van der Waals surface area contributed by atoms with E-state index in [1.165, 1.54) is 37.4 Å². The van der Waals surface area contributed by atoms with Crippen LogP contribution in [0.3, 0.4) is 0 Å². The summed E-state index contributed by atoms with van der Waals surface area (Å²) in [6, 6.07) is 19.1. The molecule has 2 aliphatic rings. The van der Waals surface area contributed by atoms with Gasteiger partial charge < -0.3 is 19.8 Å². The van der Waals surface area contributed by atoms with Crippen LogP contribution in [0, 0.1) is 17.8 Å². The molecule has 196 valence electrons. The van der Waals surface area contributed by atoms with Crippen molar-refractivity contribution in [3.05, 3.63) is 66.2 Å². The van der Waals surface area contributed by atoms with E-state index in [1.807, 2.05) is 48.5 Å². The number of carbonyl (C=O) groups excluding carboxylic acids is 2. The normalized spacial score (nSPS) is 21.1. The topological polar surface area (TPSA) is 80.6 Å². The third kappa shape index (κ3) is 4.75. The van der Waals surface area contributed by atoms with Crippen LogP contribution < -0.4 is 15.4 Å². The number of fused-ring (bicyclic) bond motifs is 5. The SMILES string of the molecule is COc1cc2c(cc1NC(=O)c1ccccc1SCC(=O)N[C@@H](C)[C@@H]1C[C@@H]3CC[C@@H]1C3)oc1ccccc12. The summed E-state index contributed by atoms with van der Waals surface area (Å²) in [5.41, 5.74) is 2.49. The number of ether oxygens (including phenoxy) is 1. The number of anilines is 1. The maximum atomic E-state index is 13.4. The van der Waals surface area contributed by atoms with Crippen LogP contribution in [-0.4, -0.2) is 30.7 Å². The van der Waals surface area contributed by atoms with Gasteiger partial charge in [-0.25, -0.2) is 0 Å². The van der Waals surface area contributed by atoms with Gasteiger partial charge in [-0.05, 0) is 68.2 Å². The van der Waals surface area contributed by atoms with Crippen LogP contribution in [0.25, 0.3) is 21.9 Å².